The second kappa shape index (κ2) is 7.56. The van der Waals surface area contributed by atoms with E-state index in [9.17, 15) is 4.39 Å². The molecule has 0 atom stereocenters. The van der Waals surface area contributed by atoms with Gasteiger partial charge < -0.3 is 10.2 Å². The van der Waals surface area contributed by atoms with Crippen molar-refractivity contribution in [3.63, 3.8) is 0 Å². The van der Waals surface area contributed by atoms with E-state index in [4.69, 9.17) is 0 Å². The van der Waals surface area contributed by atoms with Crippen LogP contribution in [0.1, 0.15) is 12.5 Å². The van der Waals surface area contributed by atoms with Gasteiger partial charge in [-0.15, -0.1) is 0 Å². The molecule has 4 heteroatoms. The van der Waals surface area contributed by atoms with E-state index in [0.717, 1.165) is 30.1 Å². The average Bonchev–Trinajstić information content (AvgIpc) is 2.34. The van der Waals surface area contributed by atoms with Gasteiger partial charge in [-0.3, -0.25) is 0 Å². The lowest BCUT2D eigenvalue weighted by Gasteiger charge is -2.22. The number of anilines is 1. The van der Waals surface area contributed by atoms with Crippen LogP contribution in [0.25, 0.3) is 0 Å². The topological polar surface area (TPSA) is 15.3 Å². The van der Waals surface area contributed by atoms with E-state index in [-0.39, 0.29) is 5.82 Å². The first-order chi connectivity index (χ1) is 8.20. The SMILES string of the molecule is CCNCc1c(F)cccc1N(C)CCSC. The van der Waals surface area contributed by atoms with Gasteiger partial charge in [0.2, 0.25) is 0 Å². The zero-order chi connectivity index (χ0) is 12.7. The first-order valence-electron chi connectivity index (χ1n) is 5.88. The lowest BCUT2D eigenvalue weighted by atomic mass is 10.1. The Morgan fingerprint density at radius 1 is 1.41 bits per heavy atom. The molecule has 0 fully saturated rings. The van der Waals surface area contributed by atoms with E-state index in [0.29, 0.717) is 6.54 Å². The molecule has 1 aromatic carbocycles. The molecule has 0 unspecified atom stereocenters. The number of hydrogen-bond donors (Lipinski definition) is 1. The average molecular weight is 256 g/mol. The molecule has 0 aliphatic carbocycles. The number of thioether (sulfide) groups is 1. The molecule has 0 saturated carbocycles. The van der Waals surface area contributed by atoms with Gasteiger partial charge in [-0.05, 0) is 24.9 Å². The number of rotatable bonds is 7. The fourth-order valence-electron chi connectivity index (χ4n) is 1.68. The van der Waals surface area contributed by atoms with Gasteiger partial charge in [-0.2, -0.15) is 11.8 Å². The van der Waals surface area contributed by atoms with Crippen molar-refractivity contribution in [2.75, 3.05) is 37.0 Å². The highest BCUT2D eigenvalue weighted by Crippen LogP contribution is 2.22. The monoisotopic (exact) mass is 256 g/mol. The molecular weight excluding hydrogens is 235 g/mol. The Kier molecular flexibility index (Phi) is 6.37. The molecule has 0 spiro atoms. The van der Waals surface area contributed by atoms with Crippen molar-refractivity contribution in [3.05, 3.63) is 29.6 Å². The predicted molar refractivity (Wildman–Crippen MR) is 75.4 cm³/mol. The molecule has 0 bridgehead atoms. The maximum atomic E-state index is 13.8. The highest BCUT2D eigenvalue weighted by Gasteiger charge is 2.11. The molecule has 96 valence electrons. The molecule has 0 aliphatic heterocycles. The summed E-state index contributed by atoms with van der Waals surface area (Å²) in [6.45, 7) is 4.39. The third kappa shape index (κ3) is 4.21. The third-order valence-corrected chi connectivity index (χ3v) is 3.28. The highest BCUT2D eigenvalue weighted by molar-refractivity contribution is 7.98. The number of benzene rings is 1. The summed E-state index contributed by atoms with van der Waals surface area (Å²) in [5, 5.41) is 3.18. The number of hydrogen-bond acceptors (Lipinski definition) is 3. The van der Waals surface area contributed by atoms with Crippen LogP contribution in [-0.4, -0.2) is 32.1 Å². The molecule has 1 aromatic rings. The summed E-state index contributed by atoms with van der Waals surface area (Å²) in [7, 11) is 2.01. The molecule has 2 nitrogen and oxygen atoms in total. The van der Waals surface area contributed by atoms with E-state index < -0.39 is 0 Å². The highest BCUT2D eigenvalue weighted by atomic mass is 32.2. The molecule has 0 saturated heterocycles. The van der Waals surface area contributed by atoms with Crippen molar-refractivity contribution in [3.8, 4) is 0 Å². The molecule has 0 aliphatic rings. The minimum Gasteiger partial charge on any atom is -0.373 e. The Bertz CT molecular complexity index is 344. The Balaban J connectivity index is 2.84. The van der Waals surface area contributed by atoms with Gasteiger partial charge in [0.15, 0.2) is 0 Å². The van der Waals surface area contributed by atoms with E-state index in [1.165, 1.54) is 6.07 Å². The smallest absolute Gasteiger partial charge is 0.129 e. The minimum atomic E-state index is -0.126. The molecule has 1 N–H and O–H groups in total. The normalized spacial score (nSPS) is 10.6. The summed E-state index contributed by atoms with van der Waals surface area (Å²) < 4.78 is 13.8. The fraction of sp³-hybridized carbons (Fsp3) is 0.538. The van der Waals surface area contributed by atoms with Crippen LogP contribution in [0.15, 0.2) is 18.2 Å². The maximum absolute atomic E-state index is 13.8. The van der Waals surface area contributed by atoms with Crippen molar-refractivity contribution in [1.29, 1.82) is 0 Å². The summed E-state index contributed by atoms with van der Waals surface area (Å²) >= 11 is 1.80. The van der Waals surface area contributed by atoms with Crippen LogP contribution in [0, 0.1) is 5.82 Å². The van der Waals surface area contributed by atoms with Crippen LogP contribution in [0.4, 0.5) is 10.1 Å². The van der Waals surface area contributed by atoms with Gasteiger partial charge in [0, 0.05) is 37.1 Å². The van der Waals surface area contributed by atoms with Crippen molar-refractivity contribution < 1.29 is 4.39 Å². The lowest BCUT2D eigenvalue weighted by Crippen LogP contribution is -2.24. The van der Waals surface area contributed by atoms with Crippen LogP contribution in [-0.2, 0) is 6.54 Å². The third-order valence-electron chi connectivity index (χ3n) is 2.69. The van der Waals surface area contributed by atoms with Gasteiger partial charge in [0.25, 0.3) is 0 Å². The summed E-state index contributed by atoms with van der Waals surface area (Å²) in [5.74, 6) is 0.924. The summed E-state index contributed by atoms with van der Waals surface area (Å²) in [6.07, 6.45) is 2.08. The van der Waals surface area contributed by atoms with Crippen LogP contribution in [0.3, 0.4) is 0 Å². The Morgan fingerprint density at radius 2 is 2.18 bits per heavy atom. The summed E-state index contributed by atoms with van der Waals surface area (Å²) in [4.78, 5) is 2.12. The number of halogens is 1. The Hall–Kier alpha value is -0.740. The van der Waals surface area contributed by atoms with Crippen molar-refractivity contribution in [2.45, 2.75) is 13.5 Å². The van der Waals surface area contributed by atoms with Crippen molar-refractivity contribution >= 4 is 17.4 Å². The zero-order valence-electron chi connectivity index (χ0n) is 10.8. The molecule has 17 heavy (non-hydrogen) atoms. The summed E-state index contributed by atoms with van der Waals surface area (Å²) in [5.41, 5.74) is 1.75. The van der Waals surface area contributed by atoms with Crippen LogP contribution < -0.4 is 10.2 Å². The largest absolute Gasteiger partial charge is 0.373 e. The van der Waals surface area contributed by atoms with Gasteiger partial charge in [-0.25, -0.2) is 4.39 Å². The fourth-order valence-corrected chi connectivity index (χ4v) is 2.14. The quantitative estimate of drug-likeness (QED) is 0.807. The Morgan fingerprint density at radius 3 is 2.82 bits per heavy atom. The zero-order valence-corrected chi connectivity index (χ0v) is 11.6. The first kappa shape index (κ1) is 14.3. The van der Waals surface area contributed by atoms with Crippen LogP contribution in [0.5, 0.6) is 0 Å². The molecule has 1 rings (SSSR count). The van der Waals surface area contributed by atoms with Gasteiger partial charge in [-0.1, -0.05) is 13.0 Å². The number of nitrogens with one attached hydrogen (secondary N) is 1. The first-order valence-corrected chi connectivity index (χ1v) is 7.28. The number of nitrogens with zero attached hydrogens (tertiary/aromatic N) is 1. The predicted octanol–water partition coefficient (Wildman–Crippen LogP) is 2.73. The van der Waals surface area contributed by atoms with Gasteiger partial charge in [0.05, 0.1) is 0 Å². The molecule has 0 radical (unpaired) electrons. The molecule has 0 amide bonds. The van der Waals surface area contributed by atoms with Crippen molar-refractivity contribution in [1.82, 2.24) is 5.32 Å². The van der Waals surface area contributed by atoms with Crippen LogP contribution >= 0.6 is 11.8 Å². The molecular formula is C13H21FN2S. The standard InChI is InChI=1S/C13H21FN2S/c1-4-15-10-11-12(14)6-5-7-13(11)16(2)8-9-17-3/h5-7,15H,4,8-10H2,1-3H3. The second-order valence-corrected chi connectivity index (χ2v) is 4.92. The molecule has 0 heterocycles. The maximum Gasteiger partial charge on any atom is 0.129 e. The molecule has 0 aromatic heterocycles. The lowest BCUT2D eigenvalue weighted by molar-refractivity contribution is 0.592. The van der Waals surface area contributed by atoms with Crippen molar-refractivity contribution in [2.24, 2.45) is 0 Å². The van der Waals surface area contributed by atoms with Crippen LogP contribution in [0.2, 0.25) is 0 Å². The summed E-state index contributed by atoms with van der Waals surface area (Å²) in [6, 6.07) is 5.28. The Labute approximate surface area is 108 Å². The van der Waals surface area contributed by atoms with E-state index in [2.05, 4.69) is 16.5 Å². The van der Waals surface area contributed by atoms with E-state index >= 15 is 0 Å². The van der Waals surface area contributed by atoms with Gasteiger partial charge in [0.1, 0.15) is 5.82 Å². The minimum absolute atomic E-state index is 0.126. The second-order valence-electron chi connectivity index (χ2n) is 3.93. The van der Waals surface area contributed by atoms with E-state index in [1.807, 2.05) is 20.0 Å². The van der Waals surface area contributed by atoms with Gasteiger partial charge >= 0.3 is 0 Å². The van der Waals surface area contributed by atoms with E-state index in [1.54, 1.807) is 17.8 Å².